The van der Waals surface area contributed by atoms with Crippen molar-refractivity contribution in [3.63, 3.8) is 0 Å². The molecule has 6 heteroatoms. The number of hydrogen-bond acceptors (Lipinski definition) is 4. The first-order valence-corrected chi connectivity index (χ1v) is 7.69. The molecule has 0 saturated carbocycles. The maximum absolute atomic E-state index is 12.5. The summed E-state index contributed by atoms with van der Waals surface area (Å²) >= 11 is 0. The molecule has 106 valence electrons. The Kier molecular flexibility index (Phi) is 3.96. The quantitative estimate of drug-likeness (QED) is 0.840. The third-order valence-corrected chi connectivity index (χ3v) is 5.67. The van der Waals surface area contributed by atoms with Crippen molar-refractivity contribution in [2.75, 3.05) is 13.2 Å². The van der Waals surface area contributed by atoms with Gasteiger partial charge in [0.15, 0.2) is 0 Å². The topological polar surface area (TPSA) is 77.8 Å². The lowest BCUT2D eigenvalue weighted by Crippen LogP contribution is -2.39. The van der Waals surface area contributed by atoms with E-state index in [1.165, 1.54) is 4.31 Å². The van der Waals surface area contributed by atoms with Crippen LogP contribution in [-0.2, 0) is 10.0 Å². The molecular weight excluding hydrogens is 266 g/mol. The Hall–Kier alpha value is -0.950. The molecule has 3 atom stereocenters. The molecule has 1 aromatic carbocycles. The zero-order valence-corrected chi connectivity index (χ0v) is 11.8. The summed E-state index contributed by atoms with van der Waals surface area (Å²) in [4.78, 5) is 0.192. The van der Waals surface area contributed by atoms with Crippen LogP contribution < -0.4 is 0 Å². The molecule has 0 spiro atoms. The summed E-state index contributed by atoms with van der Waals surface area (Å²) in [5, 5.41) is 19.2. The van der Waals surface area contributed by atoms with Crippen LogP contribution in [-0.4, -0.2) is 48.2 Å². The van der Waals surface area contributed by atoms with Crippen molar-refractivity contribution >= 4 is 10.0 Å². The van der Waals surface area contributed by atoms with Gasteiger partial charge in [-0.05, 0) is 19.1 Å². The number of aliphatic hydroxyl groups is 2. The Bertz CT molecular complexity index is 540. The van der Waals surface area contributed by atoms with E-state index in [2.05, 4.69) is 0 Å². The lowest BCUT2D eigenvalue weighted by atomic mass is 10.0. The van der Waals surface area contributed by atoms with Gasteiger partial charge >= 0.3 is 0 Å². The molecule has 0 bridgehead atoms. The van der Waals surface area contributed by atoms with Gasteiger partial charge < -0.3 is 10.2 Å². The smallest absolute Gasteiger partial charge is 0.243 e. The fourth-order valence-corrected chi connectivity index (χ4v) is 4.10. The minimum absolute atomic E-state index is 0.0304. The van der Waals surface area contributed by atoms with Crippen LogP contribution in [0.15, 0.2) is 29.2 Å². The minimum atomic E-state index is -3.67. The molecule has 19 heavy (non-hydrogen) atoms. The van der Waals surface area contributed by atoms with Crippen LogP contribution in [0.3, 0.4) is 0 Å². The maximum atomic E-state index is 12.5. The summed E-state index contributed by atoms with van der Waals surface area (Å²) in [5.41, 5.74) is 0.979. The Balaban J connectivity index is 2.37. The van der Waals surface area contributed by atoms with E-state index in [1.807, 2.05) is 6.92 Å². The molecule has 1 heterocycles. The first-order chi connectivity index (χ1) is 8.87. The molecule has 1 fully saturated rings. The molecule has 0 aliphatic carbocycles. The highest BCUT2D eigenvalue weighted by molar-refractivity contribution is 7.89. The lowest BCUT2D eigenvalue weighted by Gasteiger charge is -2.24. The van der Waals surface area contributed by atoms with E-state index in [4.69, 9.17) is 0 Å². The van der Waals surface area contributed by atoms with E-state index in [0.717, 1.165) is 5.56 Å². The molecule has 1 aromatic rings. The fourth-order valence-electron chi connectivity index (χ4n) is 2.38. The zero-order valence-electron chi connectivity index (χ0n) is 11.0. The van der Waals surface area contributed by atoms with Gasteiger partial charge in [-0.1, -0.05) is 24.6 Å². The van der Waals surface area contributed by atoms with Gasteiger partial charge in [-0.2, -0.15) is 4.31 Å². The second-order valence-electron chi connectivity index (χ2n) is 5.06. The Morgan fingerprint density at radius 3 is 2.42 bits per heavy atom. The van der Waals surface area contributed by atoms with Gasteiger partial charge in [-0.25, -0.2) is 8.42 Å². The lowest BCUT2D eigenvalue weighted by molar-refractivity contribution is 0.132. The van der Waals surface area contributed by atoms with E-state index in [9.17, 15) is 18.6 Å². The van der Waals surface area contributed by atoms with Crippen LogP contribution >= 0.6 is 0 Å². The largest absolute Gasteiger partial charge is 0.395 e. The highest BCUT2D eigenvalue weighted by Crippen LogP contribution is 2.30. The number of benzene rings is 1. The molecule has 2 unspecified atom stereocenters. The van der Waals surface area contributed by atoms with Crippen LogP contribution in [0.5, 0.6) is 0 Å². The van der Waals surface area contributed by atoms with E-state index in [-0.39, 0.29) is 24.0 Å². The predicted octanol–water partition coefficient (Wildman–Crippen LogP) is 0.357. The van der Waals surface area contributed by atoms with Crippen molar-refractivity contribution in [3.05, 3.63) is 29.8 Å². The summed E-state index contributed by atoms with van der Waals surface area (Å²) in [6.07, 6.45) is -0.739. The van der Waals surface area contributed by atoms with Gasteiger partial charge in [0.1, 0.15) is 0 Å². The fraction of sp³-hybridized carbons (Fsp3) is 0.538. The van der Waals surface area contributed by atoms with Gasteiger partial charge in [-0.15, -0.1) is 0 Å². The summed E-state index contributed by atoms with van der Waals surface area (Å²) in [5.74, 6) is -0.273. The zero-order chi connectivity index (χ0) is 14.2. The van der Waals surface area contributed by atoms with E-state index in [1.54, 1.807) is 31.2 Å². The van der Waals surface area contributed by atoms with Crippen LogP contribution in [0.25, 0.3) is 0 Å². The van der Waals surface area contributed by atoms with Crippen LogP contribution in [0.4, 0.5) is 0 Å². The van der Waals surface area contributed by atoms with Crippen LogP contribution in [0, 0.1) is 12.8 Å². The number of sulfonamides is 1. The standard InChI is InChI=1S/C13H19NO4S/c1-9-3-5-11(6-4-9)19(17,18)14-7-13(16)10(2)12(14)8-15/h3-6,10,12-13,15-16H,7-8H2,1-2H3/t10?,12-,13?/m1/s1. The molecule has 1 aliphatic heterocycles. The Labute approximate surface area is 113 Å². The molecule has 5 nitrogen and oxygen atoms in total. The van der Waals surface area contributed by atoms with E-state index >= 15 is 0 Å². The molecule has 0 amide bonds. The van der Waals surface area contributed by atoms with Crippen molar-refractivity contribution in [2.45, 2.75) is 30.9 Å². The average Bonchev–Trinajstić information content (AvgIpc) is 2.66. The van der Waals surface area contributed by atoms with Crippen molar-refractivity contribution in [1.82, 2.24) is 4.31 Å². The predicted molar refractivity (Wildman–Crippen MR) is 71.1 cm³/mol. The molecule has 0 radical (unpaired) electrons. The summed E-state index contributed by atoms with van der Waals surface area (Å²) < 4.78 is 26.2. The van der Waals surface area contributed by atoms with E-state index < -0.39 is 22.2 Å². The molecular formula is C13H19NO4S. The SMILES string of the molecule is Cc1ccc(S(=O)(=O)N2CC(O)C(C)[C@H]2CO)cc1. The normalized spacial score (nSPS) is 28.7. The van der Waals surface area contributed by atoms with Gasteiger partial charge in [0, 0.05) is 12.5 Å². The van der Waals surface area contributed by atoms with Gasteiger partial charge in [0.2, 0.25) is 10.0 Å². The maximum Gasteiger partial charge on any atom is 0.243 e. The number of hydrogen-bond donors (Lipinski definition) is 2. The molecule has 1 saturated heterocycles. The second-order valence-corrected chi connectivity index (χ2v) is 6.95. The van der Waals surface area contributed by atoms with Gasteiger partial charge in [0.25, 0.3) is 0 Å². The third-order valence-electron chi connectivity index (χ3n) is 3.77. The van der Waals surface area contributed by atoms with Gasteiger partial charge in [0.05, 0.1) is 23.6 Å². The highest BCUT2D eigenvalue weighted by atomic mass is 32.2. The monoisotopic (exact) mass is 285 g/mol. The Morgan fingerprint density at radius 2 is 1.89 bits per heavy atom. The first-order valence-electron chi connectivity index (χ1n) is 6.25. The summed E-state index contributed by atoms with van der Waals surface area (Å²) in [7, 11) is -3.67. The van der Waals surface area contributed by atoms with Gasteiger partial charge in [-0.3, -0.25) is 0 Å². The highest BCUT2D eigenvalue weighted by Gasteiger charge is 2.44. The van der Waals surface area contributed by atoms with Crippen molar-refractivity contribution in [2.24, 2.45) is 5.92 Å². The number of aryl methyl sites for hydroxylation is 1. The second kappa shape index (κ2) is 5.20. The van der Waals surface area contributed by atoms with E-state index in [0.29, 0.717) is 0 Å². The van der Waals surface area contributed by atoms with Crippen LogP contribution in [0.2, 0.25) is 0 Å². The average molecular weight is 285 g/mol. The van der Waals surface area contributed by atoms with Crippen LogP contribution in [0.1, 0.15) is 12.5 Å². The van der Waals surface area contributed by atoms with Crippen molar-refractivity contribution < 1.29 is 18.6 Å². The minimum Gasteiger partial charge on any atom is -0.395 e. The Morgan fingerprint density at radius 1 is 1.32 bits per heavy atom. The number of rotatable bonds is 3. The molecule has 1 aliphatic rings. The van der Waals surface area contributed by atoms with Crippen molar-refractivity contribution in [1.29, 1.82) is 0 Å². The summed E-state index contributed by atoms with van der Waals surface area (Å²) in [6, 6.07) is 6.00. The first kappa shape index (κ1) is 14.5. The number of β-amino-alcohol motifs (C(OH)–C–C–N with tert-alkyl or cyclic N) is 1. The molecule has 2 rings (SSSR count). The number of aliphatic hydroxyl groups excluding tert-OH is 2. The summed E-state index contributed by atoms with van der Waals surface area (Å²) in [6.45, 7) is 3.37. The molecule has 0 aromatic heterocycles. The third kappa shape index (κ3) is 2.53. The van der Waals surface area contributed by atoms with Crippen molar-refractivity contribution in [3.8, 4) is 0 Å². The molecule has 2 N–H and O–H groups in total. The number of nitrogens with zero attached hydrogens (tertiary/aromatic N) is 1.